The molecule has 0 aromatic heterocycles. The van der Waals surface area contributed by atoms with Gasteiger partial charge in [0.1, 0.15) is 5.75 Å². The summed E-state index contributed by atoms with van der Waals surface area (Å²) in [5.41, 5.74) is 0.739. The van der Waals surface area contributed by atoms with Gasteiger partial charge in [0, 0.05) is 11.6 Å². The molecule has 0 saturated heterocycles. The molecule has 0 fully saturated rings. The number of rotatable bonds is 7. The van der Waals surface area contributed by atoms with Crippen molar-refractivity contribution in [1.29, 1.82) is 0 Å². The van der Waals surface area contributed by atoms with Crippen LogP contribution in [0.1, 0.15) is 37.9 Å². The van der Waals surface area contributed by atoms with Crippen LogP contribution in [0, 0.1) is 0 Å². The summed E-state index contributed by atoms with van der Waals surface area (Å²) in [6, 6.07) is 3.52. The Bertz CT molecular complexity index is 376. The monoisotopic (exact) mass is 254 g/mol. The first-order valence-electron chi connectivity index (χ1n) is 6.15. The van der Waals surface area contributed by atoms with E-state index in [-0.39, 0.29) is 0 Å². The summed E-state index contributed by atoms with van der Waals surface area (Å²) in [7, 11) is 4.73. The Labute approximate surface area is 108 Å². The molecule has 102 valence electrons. The molecule has 0 aliphatic carbocycles. The van der Waals surface area contributed by atoms with Crippen LogP contribution in [0.4, 0.5) is 0 Å². The SMILES string of the molecule is CCCCC(O)c1cc(OC)c(OC)cc1OC. The third kappa shape index (κ3) is 3.29. The maximum atomic E-state index is 10.2. The van der Waals surface area contributed by atoms with E-state index in [0.29, 0.717) is 23.7 Å². The Kier molecular flexibility index (Phi) is 5.78. The lowest BCUT2D eigenvalue weighted by atomic mass is 10.0. The third-order valence-corrected chi connectivity index (χ3v) is 2.93. The van der Waals surface area contributed by atoms with E-state index in [0.717, 1.165) is 18.4 Å². The summed E-state index contributed by atoms with van der Waals surface area (Å²) in [4.78, 5) is 0. The van der Waals surface area contributed by atoms with Crippen LogP contribution in [-0.4, -0.2) is 26.4 Å². The summed E-state index contributed by atoms with van der Waals surface area (Å²) in [6.07, 6.45) is 2.19. The van der Waals surface area contributed by atoms with Crippen LogP contribution in [-0.2, 0) is 0 Å². The second-order valence-corrected chi connectivity index (χ2v) is 4.11. The van der Waals surface area contributed by atoms with Crippen LogP contribution < -0.4 is 14.2 Å². The Balaban J connectivity index is 3.08. The molecular formula is C14H22O4. The van der Waals surface area contributed by atoms with E-state index in [4.69, 9.17) is 14.2 Å². The zero-order valence-corrected chi connectivity index (χ0v) is 11.5. The van der Waals surface area contributed by atoms with Gasteiger partial charge in [0.15, 0.2) is 11.5 Å². The van der Waals surface area contributed by atoms with Crippen LogP contribution >= 0.6 is 0 Å². The lowest BCUT2D eigenvalue weighted by molar-refractivity contribution is 0.159. The van der Waals surface area contributed by atoms with Crippen molar-refractivity contribution < 1.29 is 19.3 Å². The van der Waals surface area contributed by atoms with Gasteiger partial charge in [-0.2, -0.15) is 0 Å². The van der Waals surface area contributed by atoms with Gasteiger partial charge >= 0.3 is 0 Å². The van der Waals surface area contributed by atoms with Gasteiger partial charge in [0.25, 0.3) is 0 Å². The maximum absolute atomic E-state index is 10.2. The van der Waals surface area contributed by atoms with Gasteiger partial charge < -0.3 is 19.3 Å². The van der Waals surface area contributed by atoms with Gasteiger partial charge in [-0.3, -0.25) is 0 Å². The highest BCUT2D eigenvalue weighted by Gasteiger charge is 2.17. The zero-order valence-electron chi connectivity index (χ0n) is 11.5. The number of unbranched alkanes of at least 4 members (excludes halogenated alkanes) is 1. The fourth-order valence-electron chi connectivity index (χ4n) is 1.87. The van der Waals surface area contributed by atoms with Crippen LogP contribution in [0.5, 0.6) is 17.2 Å². The number of methoxy groups -OCH3 is 3. The number of hydrogen-bond acceptors (Lipinski definition) is 4. The predicted molar refractivity (Wildman–Crippen MR) is 70.6 cm³/mol. The van der Waals surface area contributed by atoms with E-state index in [1.165, 1.54) is 0 Å². The Morgan fingerprint density at radius 3 is 2.06 bits per heavy atom. The van der Waals surface area contributed by atoms with E-state index in [2.05, 4.69) is 6.92 Å². The molecule has 0 aliphatic rings. The third-order valence-electron chi connectivity index (χ3n) is 2.93. The molecule has 4 heteroatoms. The summed E-state index contributed by atoms with van der Waals surface area (Å²) in [5.74, 6) is 1.82. The predicted octanol–water partition coefficient (Wildman–Crippen LogP) is 2.94. The summed E-state index contributed by atoms with van der Waals surface area (Å²) in [6.45, 7) is 2.10. The molecular weight excluding hydrogens is 232 g/mol. The average molecular weight is 254 g/mol. The Morgan fingerprint density at radius 1 is 1.00 bits per heavy atom. The van der Waals surface area contributed by atoms with Crippen LogP contribution in [0.3, 0.4) is 0 Å². The minimum Gasteiger partial charge on any atom is -0.496 e. The van der Waals surface area contributed by atoms with Gasteiger partial charge in [-0.25, -0.2) is 0 Å². The highest BCUT2D eigenvalue weighted by Crippen LogP contribution is 2.38. The molecule has 0 aliphatic heterocycles. The van der Waals surface area contributed by atoms with Crippen molar-refractivity contribution in [3.8, 4) is 17.2 Å². The van der Waals surface area contributed by atoms with E-state index in [1.807, 2.05) is 0 Å². The molecule has 0 saturated carbocycles. The highest BCUT2D eigenvalue weighted by atomic mass is 16.5. The van der Waals surface area contributed by atoms with Crippen molar-refractivity contribution in [2.45, 2.75) is 32.3 Å². The number of aliphatic hydroxyl groups excluding tert-OH is 1. The Morgan fingerprint density at radius 2 is 1.56 bits per heavy atom. The van der Waals surface area contributed by atoms with Crippen LogP contribution in [0.2, 0.25) is 0 Å². The number of ether oxygens (including phenoxy) is 3. The van der Waals surface area contributed by atoms with Crippen molar-refractivity contribution in [2.75, 3.05) is 21.3 Å². The summed E-state index contributed by atoms with van der Waals surface area (Å²) < 4.78 is 15.7. The van der Waals surface area contributed by atoms with Gasteiger partial charge in [0.2, 0.25) is 0 Å². The van der Waals surface area contributed by atoms with Gasteiger partial charge in [-0.15, -0.1) is 0 Å². The fraction of sp³-hybridized carbons (Fsp3) is 0.571. The zero-order chi connectivity index (χ0) is 13.5. The van der Waals surface area contributed by atoms with Crippen LogP contribution in [0.25, 0.3) is 0 Å². The van der Waals surface area contributed by atoms with Gasteiger partial charge in [-0.1, -0.05) is 19.8 Å². The summed E-state index contributed by atoms with van der Waals surface area (Å²) >= 11 is 0. The lowest BCUT2D eigenvalue weighted by Gasteiger charge is -2.17. The van der Waals surface area contributed by atoms with Crippen molar-refractivity contribution >= 4 is 0 Å². The first-order valence-corrected chi connectivity index (χ1v) is 6.15. The molecule has 1 rings (SSSR count). The molecule has 0 radical (unpaired) electrons. The van der Waals surface area contributed by atoms with Crippen molar-refractivity contribution in [2.24, 2.45) is 0 Å². The van der Waals surface area contributed by atoms with Crippen molar-refractivity contribution in [3.05, 3.63) is 17.7 Å². The smallest absolute Gasteiger partial charge is 0.164 e. The van der Waals surface area contributed by atoms with Crippen molar-refractivity contribution in [3.63, 3.8) is 0 Å². The molecule has 0 heterocycles. The molecule has 0 amide bonds. The standard InChI is InChI=1S/C14H22O4/c1-5-6-7-11(15)10-8-13(17-3)14(18-4)9-12(10)16-2/h8-9,11,15H,5-7H2,1-4H3. The molecule has 18 heavy (non-hydrogen) atoms. The molecule has 1 aromatic rings. The first-order chi connectivity index (χ1) is 8.67. The van der Waals surface area contributed by atoms with E-state index < -0.39 is 6.10 Å². The highest BCUT2D eigenvalue weighted by molar-refractivity contribution is 5.51. The fourth-order valence-corrected chi connectivity index (χ4v) is 1.87. The molecule has 1 aromatic carbocycles. The van der Waals surface area contributed by atoms with E-state index in [9.17, 15) is 5.11 Å². The number of aliphatic hydroxyl groups is 1. The Hall–Kier alpha value is -1.42. The molecule has 4 nitrogen and oxygen atoms in total. The molecule has 0 spiro atoms. The summed E-state index contributed by atoms with van der Waals surface area (Å²) in [5, 5.41) is 10.2. The molecule has 1 unspecified atom stereocenters. The lowest BCUT2D eigenvalue weighted by Crippen LogP contribution is -2.02. The largest absolute Gasteiger partial charge is 0.496 e. The van der Waals surface area contributed by atoms with Gasteiger partial charge in [0.05, 0.1) is 27.4 Å². The topological polar surface area (TPSA) is 47.9 Å². The molecule has 1 N–H and O–H groups in total. The average Bonchev–Trinajstić information content (AvgIpc) is 2.42. The minimum atomic E-state index is -0.542. The van der Waals surface area contributed by atoms with E-state index >= 15 is 0 Å². The second kappa shape index (κ2) is 7.11. The first kappa shape index (κ1) is 14.6. The molecule has 1 atom stereocenters. The van der Waals surface area contributed by atoms with Crippen LogP contribution in [0.15, 0.2) is 12.1 Å². The number of hydrogen-bond donors (Lipinski definition) is 1. The van der Waals surface area contributed by atoms with Gasteiger partial charge in [-0.05, 0) is 12.5 Å². The second-order valence-electron chi connectivity index (χ2n) is 4.11. The normalized spacial score (nSPS) is 12.1. The van der Waals surface area contributed by atoms with E-state index in [1.54, 1.807) is 33.5 Å². The quantitative estimate of drug-likeness (QED) is 0.812. The maximum Gasteiger partial charge on any atom is 0.164 e. The van der Waals surface area contributed by atoms with Crippen molar-refractivity contribution in [1.82, 2.24) is 0 Å². The minimum absolute atomic E-state index is 0.542. The number of benzene rings is 1. The molecule has 0 bridgehead atoms.